The van der Waals surface area contributed by atoms with Gasteiger partial charge < -0.3 is 20.6 Å². The highest BCUT2D eigenvalue weighted by Gasteiger charge is 2.31. The quantitative estimate of drug-likeness (QED) is 0.275. The van der Waals surface area contributed by atoms with Crippen molar-refractivity contribution in [3.63, 3.8) is 0 Å². The third-order valence-corrected chi connectivity index (χ3v) is 6.31. The van der Waals surface area contributed by atoms with E-state index in [0.29, 0.717) is 34.3 Å². The number of hydrogen-bond acceptors (Lipinski definition) is 8. The Bertz CT molecular complexity index is 959. The van der Waals surface area contributed by atoms with Crippen molar-refractivity contribution in [3.8, 4) is 5.75 Å². The number of carbonyl (C=O) groups is 2. The smallest absolute Gasteiger partial charge is 0.339 e. The van der Waals surface area contributed by atoms with Crippen LogP contribution in [-0.4, -0.2) is 49.2 Å². The van der Waals surface area contributed by atoms with Crippen LogP contribution in [0.5, 0.6) is 5.75 Å². The SMILES string of the molecule is O=C(O)c1ccc(NC(O)CCCN2C(=O)C(=Cc3cccs3)SC2=S)cc1O. The number of amides is 1. The predicted molar refractivity (Wildman–Crippen MR) is 118 cm³/mol. The van der Waals surface area contributed by atoms with E-state index < -0.39 is 12.2 Å². The van der Waals surface area contributed by atoms with Gasteiger partial charge in [0.2, 0.25) is 0 Å². The number of nitrogens with one attached hydrogen (secondary N) is 1. The maximum Gasteiger partial charge on any atom is 0.339 e. The molecule has 7 nitrogen and oxygen atoms in total. The lowest BCUT2D eigenvalue weighted by atomic mass is 10.1. The summed E-state index contributed by atoms with van der Waals surface area (Å²) in [5.74, 6) is -1.75. The Morgan fingerprint density at radius 1 is 1.34 bits per heavy atom. The number of benzene rings is 1. The van der Waals surface area contributed by atoms with Gasteiger partial charge in [-0.15, -0.1) is 11.3 Å². The highest BCUT2D eigenvalue weighted by Crippen LogP contribution is 2.33. The first-order chi connectivity index (χ1) is 13.8. The van der Waals surface area contributed by atoms with Gasteiger partial charge in [0.25, 0.3) is 5.91 Å². The summed E-state index contributed by atoms with van der Waals surface area (Å²) in [6.07, 6.45) is 1.74. The fraction of sp³-hybridized carbons (Fsp3) is 0.211. The molecule has 0 bridgehead atoms. The van der Waals surface area contributed by atoms with Crippen molar-refractivity contribution in [1.29, 1.82) is 0 Å². The maximum atomic E-state index is 12.5. The zero-order valence-corrected chi connectivity index (χ0v) is 17.5. The Kier molecular flexibility index (Phi) is 6.91. The summed E-state index contributed by atoms with van der Waals surface area (Å²) in [5, 5.41) is 33.5. The number of aliphatic hydroxyl groups excluding tert-OH is 1. The van der Waals surface area contributed by atoms with E-state index in [9.17, 15) is 19.8 Å². The van der Waals surface area contributed by atoms with Crippen LogP contribution in [0.15, 0.2) is 40.6 Å². The molecule has 1 aromatic heterocycles. The molecule has 1 aliphatic rings. The van der Waals surface area contributed by atoms with E-state index in [-0.39, 0.29) is 17.2 Å². The van der Waals surface area contributed by atoms with E-state index in [2.05, 4.69) is 5.32 Å². The molecular weight excluding hydrogens is 432 g/mol. The molecule has 0 aliphatic carbocycles. The molecule has 29 heavy (non-hydrogen) atoms. The van der Waals surface area contributed by atoms with Gasteiger partial charge in [-0.1, -0.05) is 30.0 Å². The number of carboxylic acids is 1. The second kappa shape index (κ2) is 9.40. The average Bonchev–Trinajstić information content (AvgIpc) is 3.25. The normalized spacial score (nSPS) is 16.4. The standard InChI is InChI=1S/C19H18N2O5S3/c22-14-9-11(5-6-13(14)18(25)26)20-16(23)4-1-7-21-17(24)15(29-19(21)27)10-12-3-2-8-28-12/h2-3,5-6,8-10,16,20,22-23H,1,4,7H2,(H,25,26). The summed E-state index contributed by atoms with van der Waals surface area (Å²) in [4.78, 5) is 26.5. The summed E-state index contributed by atoms with van der Waals surface area (Å²) < 4.78 is 0.495. The summed E-state index contributed by atoms with van der Waals surface area (Å²) in [7, 11) is 0. The summed E-state index contributed by atoms with van der Waals surface area (Å²) in [6.45, 7) is 0.383. The van der Waals surface area contributed by atoms with Crippen LogP contribution in [0.4, 0.5) is 5.69 Å². The van der Waals surface area contributed by atoms with Crippen LogP contribution in [0.2, 0.25) is 0 Å². The van der Waals surface area contributed by atoms with Gasteiger partial charge in [-0.25, -0.2) is 4.79 Å². The number of nitrogens with zero attached hydrogens (tertiary/aromatic N) is 1. The van der Waals surface area contributed by atoms with Gasteiger partial charge in [0.1, 0.15) is 21.9 Å². The minimum Gasteiger partial charge on any atom is -0.507 e. The van der Waals surface area contributed by atoms with Crippen LogP contribution in [0, 0.1) is 0 Å². The molecule has 2 heterocycles. The third-order valence-electron chi connectivity index (χ3n) is 4.11. The number of aromatic carboxylic acids is 1. The third kappa shape index (κ3) is 5.36. The van der Waals surface area contributed by atoms with Crippen molar-refractivity contribution in [2.75, 3.05) is 11.9 Å². The average molecular weight is 451 g/mol. The summed E-state index contributed by atoms with van der Waals surface area (Å²) in [6, 6.07) is 7.81. The molecule has 1 unspecified atom stereocenters. The van der Waals surface area contributed by atoms with Gasteiger partial charge in [-0.05, 0) is 42.5 Å². The Hall–Kier alpha value is -2.40. The maximum absolute atomic E-state index is 12.5. The first-order valence-electron chi connectivity index (χ1n) is 8.65. The van der Waals surface area contributed by atoms with E-state index in [1.54, 1.807) is 11.3 Å². The number of rotatable bonds is 8. The fourth-order valence-corrected chi connectivity index (χ4v) is 4.74. The number of hydrogen-bond donors (Lipinski definition) is 4. The van der Waals surface area contributed by atoms with Crippen molar-refractivity contribution >= 4 is 63.3 Å². The van der Waals surface area contributed by atoms with Gasteiger partial charge >= 0.3 is 5.97 Å². The van der Waals surface area contributed by atoms with Crippen molar-refractivity contribution in [2.24, 2.45) is 0 Å². The Balaban J connectivity index is 1.50. The topological polar surface area (TPSA) is 110 Å². The second-order valence-electron chi connectivity index (χ2n) is 6.19. The van der Waals surface area contributed by atoms with Crippen molar-refractivity contribution in [3.05, 3.63) is 51.1 Å². The monoisotopic (exact) mass is 450 g/mol. The molecule has 0 saturated carbocycles. The number of thioether (sulfide) groups is 1. The number of thiocarbonyl (C=S) groups is 1. The molecule has 10 heteroatoms. The van der Waals surface area contributed by atoms with Crippen molar-refractivity contribution in [2.45, 2.75) is 19.1 Å². The van der Waals surface area contributed by atoms with Crippen LogP contribution in [0.25, 0.3) is 6.08 Å². The fourth-order valence-electron chi connectivity index (χ4n) is 2.70. The van der Waals surface area contributed by atoms with Crippen LogP contribution in [-0.2, 0) is 4.79 Å². The van der Waals surface area contributed by atoms with E-state index in [0.717, 1.165) is 4.88 Å². The minimum atomic E-state index is -1.23. The Morgan fingerprint density at radius 3 is 2.79 bits per heavy atom. The number of carbonyl (C=O) groups excluding carboxylic acids is 1. The molecule has 1 saturated heterocycles. The first kappa shape index (κ1) is 21.3. The summed E-state index contributed by atoms with van der Waals surface area (Å²) in [5.41, 5.74) is 0.180. The highest BCUT2D eigenvalue weighted by atomic mass is 32.2. The van der Waals surface area contributed by atoms with E-state index in [1.807, 2.05) is 23.6 Å². The Labute approximate surface area is 180 Å². The minimum absolute atomic E-state index is 0.134. The van der Waals surface area contributed by atoms with Crippen LogP contribution in [0.1, 0.15) is 28.1 Å². The number of aliphatic hydroxyl groups is 1. The zero-order valence-electron chi connectivity index (χ0n) is 15.1. The van der Waals surface area contributed by atoms with Crippen LogP contribution >= 0.6 is 35.3 Å². The molecule has 1 atom stereocenters. The largest absolute Gasteiger partial charge is 0.507 e. The lowest BCUT2D eigenvalue weighted by Crippen LogP contribution is -2.30. The molecular formula is C19H18N2O5S3. The van der Waals surface area contributed by atoms with Crippen LogP contribution < -0.4 is 5.32 Å². The molecule has 1 aliphatic heterocycles. The first-order valence-corrected chi connectivity index (χ1v) is 10.8. The molecule has 0 radical (unpaired) electrons. The molecule has 1 aromatic carbocycles. The number of aromatic hydroxyl groups is 1. The van der Waals surface area contributed by atoms with Gasteiger partial charge in [-0.3, -0.25) is 9.69 Å². The van der Waals surface area contributed by atoms with Gasteiger partial charge in [0.05, 0.1) is 4.91 Å². The van der Waals surface area contributed by atoms with Crippen molar-refractivity contribution in [1.82, 2.24) is 4.90 Å². The molecule has 0 spiro atoms. The predicted octanol–water partition coefficient (Wildman–Crippen LogP) is 3.56. The molecule has 2 aromatic rings. The number of anilines is 1. The number of phenols is 1. The van der Waals surface area contributed by atoms with E-state index >= 15 is 0 Å². The zero-order chi connectivity index (χ0) is 21.0. The van der Waals surface area contributed by atoms with Crippen molar-refractivity contribution < 1.29 is 24.9 Å². The van der Waals surface area contributed by atoms with Gasteiger partial charge in [0, 0.05) is 23.2 Å². The molecule has 4 N–H and O–H groups in total. The van der Waals surface area contributed by atoms with E-state index in [1.165, 1.54) is 34.9 Å². The molecule has 3 rings (SSSR count). The second-order valence-corrected chi connectivity index (χ2v) is 8.84. The van der Waals surface area contributed by atoms with Gasteiger partial charge in [0.15, 0.2) is 0 Å². The van der Waals surface area contributed by atoms with Crippen LogP contribution in [0.3, 0.4) is 0 Å². The Morgan fingerprint density at radius 2 is 2.14 bits per heavy atom. The number of carboxylic acid groups (broad SMARTS) is 1. The lowest BCUT2D eigenvalue weighted by molar-refractivity contribution is -0.122. The molecule has 1 fully saturated rings. The van der Waals surface area contributed by atoms with E-state index in [4.69, 9.17) is 17.3 Å². The highest BCUT2D eigenvalue weighted by molar-refractivity contribution is 8.26. The lowest BCUT2D eigenvalue weighted by Gasteiger charge is -2.18. The molecule has 1 amide bonds. The molecule has 152 valence electrons. The summed E-state index contributed by atoms with van der Waals surface area (Å²) >= 11 is 8.11. The number of thiophene rings is 1. The van der Waals surface area contributed by atoms with Gasteiger partial charge in [-0.2, -0.15) is 0 Å².